The second-order valence-electron chi connectivity index (χ2n) is 5.21. The van der Waals surface area contributed by atoms with Gasteiger partial charge in [0.25, 0.3) is 0 Å². The summed E-state index contributed by atoms with van der Waals surface area (Å²) < 4.78 is 11.4. The molecule has 0 aliphatic carbocycles. The average molecular weight is 338 g/mol. The molecule has 1 saturated heterocycles. The summed E-state index contributed by atoms with van der Waals surface area (Å²) in [6.07, 6.45) is 2.38. The quantitative estimate of drug-likeness (QED) is 0.849. The molecule has 1 amide bonds. The molecule has 118 valence electrons. The number of carbonyl (C=O) groups excluding carboxylic acids is 1. The van der Waals surface area contributed by atoms with Crippen LogP contribution in [0.5, 0.6) is 11.5 Å². The van der Waals surface area contributed by atoms with E-state index in [1.165, 1.54) is 24.6 Å². The first-order valence-corrected chi connectivity index (χ1v) is 8.69. The Morgan fingerprint density at radius 1 is 1.27 bits per heavy atom. The third-order valence-electron chi connectivity index (χ3n) is 3.62. The van der Waals surface area contributed by atoms with Crippen LogP contribution in [-0.2, 0) is 11.3 Å². The molecule has 7 heteroatoms. The summed E-state index contributed by atoms with van der Waals surface area (Å²) >= 11 is 6.78. The zero-order chi connectivity index (χ0) is 15.4. The number of nitrogens with zero attached hydrogens (tertiary/aromatic N) is 1. The van der Waals surface area contributed by atoms with Crippen LogP contribution in [0, 0.1) is 0 Å². The molecule has 2 aliphatic rings. The zero-order valence-corrected chi connectivity index (χ0v) is 13.8. The van der Waals surface area contributed by atoms with Gasteiger partial charge in [-0.2, -0.15) is 0 Å². The Morgan fingerprint density at radius 3 is 2.86 bits per heavy atom. The van der Waals surface area contributed by atoms with Crippen molar-refractivity contribution >= 4 is 34.2 Å². The smallest absolute Gasteiger partial charge is 0.231 e. The van der Waals surface area contributed by atoms with E-state index in [1.54, 1.807) is 0 Å². The van der Waals surface area contributed by atoms with Crippen LogP contribution >= 0.6 is 24.0 Å². The normalized spacial score (nSPS) is 15.9. The molecule has 1 aromatic carbocycles. The molecule has 0 bridgehead atoms. The van der Waals surface area contributed by atoms with E-state index in [0.717, 1.165) is 34.5 Å². The zero-order valence-electron chi connectivity index (χ0n) is 12.2. The van der Waals surface area contributed by atoms with Crippen molar-refractivity contribution in [1.29, 1.82) is 0 Å². The molecular formula is C15H18N2O3S2. The highest BCUT2D eigenvalue weighted by atomic mass is 32.2. The van der Waals surface area contributed by atoms with Crippen molar-refractivity contribution < 1.29 is 14.3 Å². The maximum Gasteiger partial charge on any atom is 0.231 e. The van der Waals surface area contributed by atoms with Gasteiger partial charge in [0.2, 0.25) is 12.7 Å². The Hall–Kier alpha value is -1.47. The lowest BCUT2D eigenvalue weighted by molar-refractivity contribution is -0.118. The maximum atomic E-state index is 11.9. The van der Waals surface area contributed by atoms with Crippen molar-refractivity contribution in [2.75, 3.05) is 25.6 Å². The molecule has 1 N–H and O–H groups in total. The predicted molar refractivity (Wildman–Crippen MR) is 90.3 cm³/mol. The molecule has 0 radical (unpaired) electrons. The minimum Gasteiger partial charge on any atom is -0.454 e. The summed E-state index contributed by atoms with van der Waals surface area (Å²) in [4.78, 5) is 14.1. The lowest BCUT2D eigenvalue weighted by atomic mass is 10.2. The summed E-state index contributed by atoms with van der Waals surface area (Å²) in [5, 5.41) is 2.90. The van der Waals surface area contributed by atoms with Crippen LogP contribution in [0.3, 0.4) is 0 Å². The summed E-state index contributed by atoms with van der Waals surface area (Å²) in [5.41, 5.74) is 0.990. The topological polar surface area (TPSA) is 50.8 Å². The standard InChI is InChI=1S/C15H18N2O3S2/c18-14(9-22-15(21)17-5-1-2-6-17)16-8-11-3-4-12-13(7-11)20-10-19-12/h3-4,7H,1-2,5-6,8-10H2,(H,16,18). The number of carbonyl (C=O) groups is 1. The van der Waals surface area contributed by atoms with Crippen LogP contribution in [0.2, 0.25) is 0 Å². The second-order valence-corrected chi connectivity index (χ2v) is 6.82. The van der Waals surface area contributed by atoms with E-state index >= 15 is 0 Å². The number of benzene rings is 1. The monoisotopic (exact) mass is 338 g/mol. The molecule has 2 aliphatic heterocycles. The molecule has 0 aromatic heterocycles. The average Bonchev–Trinajstić information content (AvgIpc) is 3.20. The van der Waals surface area contributed by atoms with Crippen LogP contribution in [0.4, 0.5) is 0 Å². The lowest BCUT2D eigenvalue weighted by Crippen LogP contribution is -2.28. The molecule has 0 atom stereocenters. The number of amides is 1. The number of thiocarbonyl (C=S) groups is 1. The largest absolute Gasteiger partial charge is 0.454 e. The van der Waals surface area contributed by atoms with E-state index < -0.39 is 0 Å². The van der Waals surface area contributed by atoms with Gasteiger partial charge in [0.05, 0.1) is 5.75 Å². The van der Waals surface area contributed by atoms with Gasteiger partial charge in [-0.25, -0.2) is 0 Å². The molecule has 1 fully saturated rings. The Morgan fingerprint density at radius 2 is 2.05 bits per heavy atom. The van der Waals surface area contributed by atoms with Crippen molar-refractivity contribution in [3.63, 3.8) is 0 Å². The number of hydrogen-bond acceptors (Lipinski definition) is 5. The van der Waals surface area contributed by atoms with E-state index in [9.17, 15) is 4.79 Å². The fraction of sp³-hybridized carbons (Fsp3) is 0.467. The van der Waals surface area contributed by atoms with E-state index in [1.807, 2.05) is 18.2 Å². The van der Waals surface area contributed by atoms with E-state index in [-0.39, 0.29) is 12.7 Å². The lowest BCUT2D eigenvalue weighted by Gasteiger charge is -2.17. The fourth-order valence-electron chi connectivity index (χ4n) is 2.42. The van der Waals surface area contributed by atoms with Crippen LogP contribution in [0.1, 0.15) is 18.4 Å². The van der Waals surface area contributed by atoms with Crippen molar-refractivity contribution in [2.45, 2.75) is 19.4 Å². The molecule has 0 spiro atoms. The van der Waals surface area contributed by atoms with Gasteiger partial charge in [-0.3, -0.25) is 4.79 Å². The predicted octanol–water partition coefficient (Wildman–Crippen LogP) is 2.15. The van der Waals surface area contributed by atoms with Gasteiger partial charge in [0, 0.05) is 19.6 Å². The highest BCUT2D eigenvalue weighted by molar-refractivity contribution is 8.23. The SMILES string of the molecule is O=C(CSC(=S)N1CCCC1)NCc1ccc2c(c1)OCO2. The number of ether oxygens (including phenoxy) is 2. The van der Waals surface area contributed by atoms with Crippen LogP contribution in [-0.4, -0.2) is 40.8 Å². The minimum atomic E-state index is -0.00999. The van der Waals surface area contributed by atoms with Gasteiger partial charge < -0.3 is 19.7 Å². The van der Waals surface area contributed by atoms with Crippen molar-refractivity contribution in [3.8, 4) is 11.5 Å². The number of rotatable bonds is 4. The van der Waals surface area contributed by atoms with Crippen molar-refractivity contribution in [2.24, 2.45) is 0 Å². The first-order chi connectivity index (χ1) is 10.7. The van der Waals surface area contributed by atoms with Crippen LogP contribution < -0.4 is 14.8 Å². The first kappa shape index (κ1) is 15.4. The first-order valence-electron chi connectivity index (χ1n) is 7.29. The highest BCUT2D eigenvalue weighted by Gasteiger charge is 2.16. The van der Waals surface area contributed by atoms with Crippen LogP contribution in [0.15, 0.2) is 18.2 Å². The molecular weight excluding hydrogens is 320 g/mol. The summed E-state index contributed by atoms with van der Waals surface area (Å²) in [7, 11) is 0. The Bertz CT molecular complexity index is 574. The third kappa shape index (κ3) is 3.84. The van der Waals surface area contributed by atoms with Crippen LogP contribution in [0.25, 0.3) is 0 Å². The fourth-order valence-corrected chi connectivity index (χ4v) is 3.50. The van der Waals surface area contributed by atoms with Crippen molar-refractivity contribution in [1.82, 2.24) is 10.2 Å². The number of hydrogen-bond donors (Lipinski definition) is 1. The van der Waals surface area contributed by atoms with Gasteiger partial charge in [0.15, 0.2) is 11.5 Å². The molecule has 1 aromatic rings. The van der Waals surface area contributed by atoms with Gasteiger partial charge in [0.1, 0.15) is 4.32 Å². The Labute approximate surface area is 139 Å². The van der Waals surface area contributed by atoms with E-state index in [2.05, 4.69) is 10.2 Å². The number of likely N-dealkylation sites (tertiary alicyclic amines) is 1. The maximum absolute atomic E-state index is 11.9. The molecule has 0 unspecified atom stereocenters. The third-order valence-corrected chi connectivity index (χ3v) is 5.14. The van der Waals surface area contributed by atoms with Crippen molar-refractivity contribution in [3.05, 3.63) is 23.8 Å². The second kappa shape index (κ2) is 7.19. The van der Waals surface area contributed by atoms with Gasteiger partial charge >= 0.3 is 0 Å². The highest BCUT2D eigenvalue weighted by Crippen LogP contribution is 2.32. The summed E-state index contributed by atoms with van der Waals surface area (Å²) in [5.74, 6) is 1.84. The van der Waals surface area contributed by atoms with Gasteiger partial charge in [-0.05, 0) is 30.5 Å². The summed E-state index contributed by atoms with van der Waals surface area (Å²) in [6.45, 7) is 2.78. The molecule has 5 nitrogen and oxygen atoms in total. The minimum absolute atomic E-state index is 0.00999. The molecule has 3 rings (SSSR count). The number of nitrogens with one attached hydrogen (secondary N) is 1. The van der Waals surface area contributed by atoms with Gasteiger partial charge in [-0.1, -0.05) is 30.0 Å². The molecule has 0 saturated carbocycles. The van der Waals surface area contributed by atoms with E-state index in [4.69, 9.17) is 21.7 Å². The molecule has 2 heterocycles. The molecule has 22 heavy (non-hydrogen) atoms. The Kier molecular flexibility index (Phi) is 5.04. The van der Waals surface area contributed by atoms with E-state index in [0.29, 0.717) is 12.3 Å². The number of thioether (sulfide) groups is 1. The summed E-state index contributed by atoms with van der Waals surface area (Å²) in [6, 6.07) is 5.68. The van der Waals surface area contributed by atoms with Gasteiger partial charge in [-0.15, -0.1) is 0 Å². The number of fused-ring (bicyclic) bond motifs is 1. The Balaban J connectivity index is 1.41.